The topological polar surface area (TPSA) is 86.8 Å². The van der Waals surface area contributed by atoms with Crippen molar-refractivity contribution in [2.75, 3.05) is 43.9 Å². The van der Waals surface area contributed by atoms with Crippen LogP contribution in [-0.2, 0) is 14.6 Å². The molecule has 1 saturated heterocycles. The minimum atomic E-state index is -3.81. The van der Waals surface area contributed by atoms with Crippen LogP contribution in [0.15, 0.2) is 24.3 Å². The number of amides is 2. The Hall–Kier alpha value is -2.09. The lowest BCUT2D eigenvalue weighted by Crippen LogP contribution is -2.51. The fourth-order valence-corrected chi connectivity index (χ4v) is 2.76. The van der Waals surface area contributed by atoms with Crippen LogP contribution in [-0.4, -0.2) is 63.4 Å². The maximum absolute atomic E-state index is 12.0. The number of carbonyl (C=O) groups excluding carboxylic acids is 2. The van der Waals surface area contributed by atoms with Gasteiger partial charge < -0.3 is 15.1 Å². The van der Waals surface area contributed by atoms with Crippen LogP contribution in [0, 0.1) is 6.92 Å². The minimum Gasteiger partial charge on any atom is -0.368 e. The first kappa shape index (κ1) is 17.3. The molecule has 1 aromatic rings. The van der Waals surface area contributed by atoms with Crippen LogP contribution in [0.2, 0.25) is 0 Å². The average molecular weight is 339 g/mol. The van der Waals surface area contributed by atoms with E-state index in [1.165, 1.54) is 5.56 Å². The summed E-state index contributed by atoms with van der Waals surface area (Å²) in [5, 5.41) is 1.02. The molecule has 0 unspecified atom stereocenters. The predicted molar refractivity (Wildman–Crippen MR) is 88.2 cm³/mol. The van der Waals surface area contributed by atoms with Gasteiger partial charge in [-0.3, -0.25) is 9.59 Å². The van der Waals surface area contributed by atoms with Gasteiger partial charge in [0.15, 0.2) is 0 Å². The van der Waals surface area contributed by atoms with Gasteiger partial charge in [0.2, 0.25) is 15.7 Å². The first-order chi connectivity index (χ1) is 10.8. The van der Waals surface area contributed by atoms with E-state index in [0.717, 1.165) is 11.9 Å². The summed E-state index contributed by atoms with van der Waals surface area (Å²) < 4.78 is 22.0. The van der Waals surface area contributed by atoms with Crippen molar-refractivity contribution in [3.05, 3.63) is 29.8 Å². The molecule has 1 aromatic carbocycles. The van der Waals surface area contributed by atoms with Crippen molar-refractivity contribution >= 4 is 26.7 Å². The second kappa shape index (κ2) is 6.99. The molecule has 2 amide bonds. The van der Waals surface area contributed by atoms with E-state index in [4.69, 9.17) is 0 Å². The van der Waals surface area contributed by atoms with E-state index in [0.29, 0.717) is 26.2 Å². The summed E-state index contributed by atoms with van der Waals surface area (Å²) in [6.07, 6.45) is 0.813. The number of nitrogens with zero attached hydrogens (tertiary/aromatic N) is 2. The number of hydrogen-bond acceptors (Lipinski definition) is 5. The molecule has 7 nitrogen and oxygen atoms in total. The second-order valence-electron chi connectivity index (χ2n) is 5.62. The smallest absolute Gasteiger partial charge is 0.336 e. The van der Waals surface area contributed by atoms with Crippen molar-refractivity contribution in [2.45, 2.75) is 6.92 Å². The first-order valence-electron chi connectivity index (χ1n) is 7.34. The third-order valence-corrected chi connectivity index (χ3v) is 4.54. The summed E-state index contributed by atoms with van der Waals surface area (Å²) in [4.78, 5) is 27.1. The standard InChI is InChI=1S/C15H21N3O4S/c1-12-4-3-5-13(10-12)17-6-8-18(9-7-17)14(19)11-16-15(20)23(2,21)22/h3-5,10H,6-9,11H2,1-2H3,(H,16,20). The number of anilines is 1. The highest BCUT2D eigenvalue weighted by molar-refractivity contribution is 8.05. The highest BCUT2D eigenvalue weighted by Crippen LogP contribution is 2.17. The maximum Gasteiger partial charge on any atom is 0.336 e. The number of sulfone groups is 1. The first-order valence-corrected chi connectivity index (χ1v) is 9.24. The van der Waals surface area contributed by atoms with E-state index >= 15 is 0 Å². The maximum atomic E-state index is 12.0. The monoisotopic (exact) mass is 339 g/mol. The van der Waals surface area contributed by atoms with Gasteiger partial charge in [-0.2, -0.15) is 0 Å². The highest BCUT2D eigenvalue weighted by atomic mass is 32.2. The second-order valence-corrected chi connectivity index (χ2v) is 7.54. The SMILES string of the molecule is Cc1cccc(N2CCN(C(=O)CNC(=O)S(C)(=O)=O)CC2)c1. The molecule has 1 aliphatic heterocycles. The summed E-state index contributed by atoms with van der Waals surface area (Å²) in [5.74, 6) is -0.272. The van der Waals surface area contributed by atoms with Crippen LogP contribution in [0.4, 0.5) is 10.5 Å². The van der Waals surface area contributed by atoms with Gasteiger partial charge >= 0.3 is 5.24 Å². The van der Waals surface area contributed by atoms with Crippen molar-refractivity contribution in [3.63, 3.8) is 0 Å². The molecule has 1 fully saturated rings. The molecule has 0 spiro atoms. The molecule has 1 N–H and O–H groups in total. The molecule has 0 radical (unpaired) electrons. The number of nitrogens with one attached hydrogen (secondary N) is 1. The van der Waals surface area contributed by atoms with E-state index in [9.17, 15) is 18.0 Å². The van der Waals surface area contributed by atoms with Crippen molar-refractivity contribution in [3.8, 4) is 0 Å². The Bertz CT molecular complexity index is 694. The molecule has 0 aliphatic carbocycles. The molecular weight excluding hydrogens is 318 g/mol. The zero-order valence-electron chi connectivity index (χ0n) is 13.3. The van der Waals surface area contributed by atoms with Crippen LogP contribution in [0.1, 0.15) is 5.56 Å². The number of carbonyl (C=O) groups is 2. The van der Waals surface area contributed by atoms with Gasteiger partial charge in [-0.25, -0.2) is 8.42 Å². The molecule has 23 heavy (non-hydrogen) atoms. The molecule has 1 heterocycles. The number of aryl methyl sites for hydroxylation is 1. The summed E-state index contributed by atoms with van der Waals surface area (Å²) in [5.41, 5.74) is 2.31. The van der Waals surface area contributed by atoms with Gasteiger partial charge in [-0.15, -0.1) is 0 Å². The van der Waals surface area contributed by atoms with Crippen LogP contribution < -0.4 is 10.2 Å². The van der Waals surface area contributed by atoms with E-state index in [2.05, 4.69) is 16.3 Å². The molecule has 0 bridgehead atoms. The lowest BCUT2D eigenvalue weighted by atomic mass is 10.2. The van der Waals surface area contributed by atoms with Gasteiger partial charge in [0.05, 0.1) is 6.54 Å². The quantitative estimate of drug-likeness (QED) is 0.861. The third-order valence-electron chi connectivity index (χ3n) is 3.72. The van der Waals surface area contributed by atoms with E-state index in [1.807, 2.05) is 25.1 Å². The number of benzene rings is 1. The van der Waals surface area contributed by atoms with E-state index < -0.39 is 15.1 Å². The van der Waals surface area contributed by atoms with Gasteiger partial charge in [0.25, 0.3) is 0 Å². The third kappa shape index (κ3) is 4.69. The Morgan fingerprint density at radius 3 is 2.39 bits per heavy atom. The van der Waals surface area contributed by atoms with Crippen LogP contribution in [0.25, 0.3) is 0 Å². The lowest BCUT2D eigenvalue weighted by molar-refractivity contribution is -0.130. The fourth-order valence-electron chi connectivity index (χ4n) is 2.43. The molecule has 0 atom stereocenters. The van der Waals surface area contributed by atoms with Gasteiger partial charge in [-0.05, 0) is 24.6 Å². The Kier molecular flexibility index (Phi) is 5.25. The van der Waals surface area contributed by atoms with Crippen molar-refractivity contribution in [2.24, 2.45) is 0 Å². The Labute approximate surface area is 136 Å². The van der Waals surface area contributed by atoms with Crippen molar-refractivity contribution < 1.29 is 18.0 Å². The van der Waals surface area contributed by atoms with Crippen LogP contribution in [0.3, 0.4) is 0 Å². The molecule has 126 valence electrons. The Balaban J connectivity index is 1.84. The van der Waals surface area contributed by atoms with Crippen LogP contribution >= 0.6 is 0 Å². The van der Waals surface area contributed by atoms with Crippen molar-refractivity contribution in [1.82, 2.24) is 10.2 Å². The largest absolute Gasteiger partial charge is 0.368 e. The Morgan fingerprint density at radius 2 is 1.83 bits per heavy atom. The highest BCUT2D eigenvalue weighted by Gasteiger charge is 2.23. The number of piperazine rings is 1. The molecule has 0 saturated carbocycles. The molecular formula is C15H21N3O4S. The average Bonchev–Trinajstić information content (AvgIpc) is 2.51. The lowest BCUT2D eigenvalue weighted by Gasteiger charge is -2.36. The predicted octanol–water partition coefficient (Wildman–Crippen LogP) is 0.398. The number of rotatable bonds is 3. The normalized spacial score (nSPS) is 15.4. The van der Waals surface area contributed by atoms with Gasteiger partial charge in [-0.1, -0.05) is 12.1 Å². The van der Waals surface area contributed by atoms with Crippen molar-refractivity contribution in [1.29, 1.82) is 0 Å². The summed E-state index contributed by atoms with van der Waals surface area (Å²) in [6.45, 7) is 4.23. The Morgan fingerprint density at radius 1 is 1.17 bits per heavy atom. The molecule has 0 aromatic heterocycles. The molecule has 8 heteroatoms. The summed E-state index contributed by atoms with van der Waals surface area (Å²) in [6, 6.07) is 8.18. The van der Waals surface area contributed by atoms with E-state index in [-0.39, 0.29) is 12.5 Å². The van der Waals surface area contributed by atoms with Gasteiger partial charge in [0, 0.05) is 38.1 Å². The van der Waals surface area contributed by atoms with Crippen LogP contribution in [0.5, 0.6) is 0 Å². The fraction of sp³-hybridized carbons (Fsp3) is 0.467. The number of hydrogen-bond donors (Lipinski definition) is 1. The molecule has 1 aliphatic rings. The van der Waals surface area contributed by atoms with E-state index in [1.54, 1.807) is 4.90 Å². The molecule has 2 rings (SSSR count). The van der Waals surface area contributed by atoms with Gasteiger partial charge in [0.1, 0.15) is 0 Å². The zero-order chi connectivity index (χ0) is 17.0. The summed E-state index contributed by atoms with van der Waals surface area (Å²) >= 11 is 0. The zero-order valence-corrected chi connectivity index (χ0v) is 14.1. The minimum absolute atomic E-state index is 0.272. The summed E-state index contributed by atoms with van der Waals surface area (Å²) in [7, 11) is -3.81.